The summed E-state index contributed by atoms with van der Waals surface area (Å²) >= 11 is 0. The highest BCUT2D eigenvalue weighted by molar-refractivity contribution is 5.23. The van der Waals surface area contributed by atoms with E-state index in [1.807, 2.05) is 25.1 Å². The normalized spacial score (nSPS) is 10.4. The van der Waals surface area contributed by atoms with Gasteiger partial charge in [-0.05, 0) is 18.9 Å². The molecule has 2 aromatic rings. The molecule has 0 aliphatic rings. The van der Waals surface area contributed by atoms with Gasteiger partial charge < -0.3 is 0 Å². The summed E-state index contributed by atoms with van der Waals surface area (Å²) in [5.41, 5.74) is 3.30. The minimum Gasteiger partial charge on any atom is -0.234 e. The van der Waals surface area contributed by atoms with Crippen molar-refractivity contribution >= 4 is 0 Å². The lowest BCUT2D eigenvalue weighted by Crippen LogP contribution is -2.05. The van der Waals surface area contributed by atoms with Crippen molar-refractivity contribution in [2.24, 2.45) is 0 Å². The van der Waals surface area contributed by atoms with E-state index >= 15 is 0 Å². The summed E-state index contributed by atoms with van der Waals surface area (Å²) in [6, 6.07) is 10.3. The monoisotopic (exact) mass is 213 g/mol. The molecule has 0 saturated heterocycles. The molecule has 3 heteroatoms. The van der Waals surface area contributed by atoms with Crippen molar-refractivity contribution in [1.82, 2.24) is 15.2 Å². The molecule has 0 saturated carbocycles. The Morgan fingerprint density at radius 3 is 2.44 bits per heavy atom. The van der Waals surface area contributed by atoms with Crippen LogP contribution in [-0.2, 0) is 12.8 Å². The Kier molecular flexibility index (Phi) is 3.25. The van der Waals surface area contributed by atoms with Gasteiger partial charge in [-0.3, -0.25) is 0 Å². The van der Waals surface area contributed by atoms with E-state index in [1.54, 1.807) is 0 Å². The second kappa shape index (κ2) is 4.84. The molecule has 1 aromatic carbocycles. The maximum Gasteiger partial charge on any atom is 0.148 e. The van der Waals surface area contributed by atoms with E-state index in [0.717, 1.165) is 30.1 Å². The van der Waals surface area contributed by atoms with Gasteiger partial charge in [-0.2, -0.15) is 5.10 Å². The lowest BCUT2D eigenvalue weighted by atomic mass is 10.1. The first kappa shape index (κ1) is 10.7. The molecular formula is C13H15N3. The predicted octanol–water partition coefficient (Wildman–Crippen LogP) is 2.33. The van der Waals surface area contributed by atoms with Crippen LogP contribution in [0.2, 0.25) is 0 Å². The standard InChI is InChI=1S/C13H15N3/c1-3-12-13(14-10(2)15-16-12)9-11-7-5-4-6-8-11/h4-8H,3,9H2,1-2H3. The quantitative estimate of drug-likeness (QED) is 0.785. The number of nitrogens with zero attached hydrogens (tertiary/aromatic N) is 3. The van der Waals surface area contributed by atoms with Crippen molar-refractivity contribution in [1.29, 1.82) is 0 Å². The predicted molar refractivity (Wildman–Crippen MR) is 63.2 cm³/mol. The maximum absolute atomic E-state index is 4.47. The number of aromatic nitrogens is 3. The van der Waals surface area contributed by atoms with Crippen LogP contribution in [0.25, 0.3) is 0 Å². The zero-order valence-corrected chi connectivity index (χ0v) is 9.64. The molecule has 16 heavy (non-hydrogen) atoms. The molecule has 0 aliphatic carbocycles. The minimum atomic E-state index is 0.739. The fourth-order valence-electron chi connectivity index (χ4n) is 1.68. The number of hydrogen-bond acceptors (Lipinski definition) is 3. The lowest BCUT2D eigenvalue weighted by Gasteiger charge is -2.05. The Labute approximate surface area is 95.6 Å². The average Bonchev–Trinajstić information content (AvgIpc) is 2.31. The van der Waals surface area contributed by atoms with E-state index in [1.165, 1.54) is 5.56 Å². The molecular weight excluding hydrogens is 198 g/mol. The highest BCUT2D eigenvalue weighted by Gasteiger charge is 2.06. The molecule has 0 spiro atoms. The van der Waals surface area contributed by atoms with E-state index in [-0.39, 0.29) is 0 Å². The number of hydrogen-bond donors (Lipinski definition) is 0. The molecule has 3 nitrogen and oxygen atoms in total. The third-order valence-corrected chi connectivity index (χ3v) is 2.49. The van der Waals surface area contributed by atoms with Crippen molar-refractivity contribution in [3.63, 3.8) is 0 Å². The largest absolute Gasteiger partial charge is 0.234 e. The highest BCUT2D eigenvalue weighted by Crippen LogP contribution is 2.10. The van der Waals surface area contributed by atoms with Crippen LogP contribution in [0.5, 0.6) is 0 Å². The smallest absolute Gasteiger partial charge is 0.148 e. The van der Waals surface area contributed by atoms with Crippen LogP contribution in [0.15, 0.2) is 30.3 Å². The Morgan fingerprint density at radius 1 is 1.00 bits per heavy atom. The Bertz CT molecular complexity index is 466. The molecule has 0 bridgehead atoms. The number of benzene rings is 1. The Morgan fingerprint density at radius 2 is 1.75 bits per heavy atom. The number of aryl methyl sites for hydroxylation is 2. The molecule has 1 aromatic heterocycles. The third kappa shape index (κ3) is 2.42. The van der Waals surface area contributed by atoms with Gasteiger partial charge in [0.05, 0.1) is 11.4 Å². The molecule has 0 atom stereocenters. The maximum atomic E-state index is 4.47. The molecule has 0 aliphatic heterocycles. The molecule has 0 fully saturated rings. The number of rotatable bonds is 3. The van der Waals surface area contributed by atoms with Crippen LogP contribution < -0.4 is 0 Å². The van der Waals surface area contributed by atoms with Crippen molar-refractivity contribution in [2.45, 2.75) is 26.7 Å². The van der Waals surface area contributed by atoms with Crippen molar-refractivity contribution in [2.75, 3.05) is 0 Å². The Balaban J connectivity index is 2.30. The van der Waals surface area contributed by atoms with Crippen LogP contribution >= 0.6 is 0 Å². The summed E-state index contributed by atoms with van der Waals surface area (Å²) in [4.78, 5) is 4.47. The van der Waals surface area contributed by atoms with Gasteiger partial charge in [0, 0.05) is 6.42 Å². The Hall–Kier alpha value is -1.77. The fourth-order valence-corrected chi connectivity index (χ4v) is 1.68. The first-order chi connectivity index (χ1) is 7.79. The first-order valence-corrected chi connectivity index (χ1v) is 5.52. The summed E-state index contributed by atoms with van der Waals surface area (Å²) < 4.78 is 0. The third-order valence-electron chi connectivity index (χ3n) is 2.49. The fraction of sp³-hybridized carbons (Fsp3) is 0.308. The first-order valence-electron chi connectivity index (χ1n) is 5.52. The lowest BCUT2D eigenvalue weighted by molar-refractivity contribution is 0.798. The molecule has 1 heterocycles. The van der Waals surface area contributed by atoms with Crippen LogP contribution in [0.4, 0.5) is 0 Å². The van der Waals surface area contributed by atoms with Gasteiger partial charge in [0.1, 0.15) is 5.82 Å². The molecule has 0 N–H and O–H groups in total. The van der Waals surface area contributed by atoms with Crippen molar-refractivity contribution < 1.29 is 0 Å². The van der Waals surface area contributed by atoms with Gasteiger partial charge in [-0.15, -0.1) is 5.10 Å². The van der Waals surface area contributed by atoms with E-state index in [0.29, 0.717) is 0 Å². The molecule has 0 radical (unpaired) electrons. The van der Waals surface area contributed by atoms with Gasteiger partial charge >= 0.3 is 0 Å². The van der Waals surface area contributed by atoms with Crippen LogP contribution in [0.1, 0.15) is 29.7 Å². The second-order valence-corrected chi connectivity index (χ2v) is 3.77. The highest BCUT2D eigenvalue weighted by atomic mass is 15.2. The van der Waals surface area contributed by atoms with E-state index in [2.05, 4.69) is 34.2 Å². The van der Waals surface area contributed by atoms with Crippen molar-refractivity contribution in [3.8, 4) is 0 Å². The summed E-state index contributed by atoms with van der Waals surface area (Å²) in [5, 5.41) is 8.17. The average molecular weight is 213 g/mol. The van der Waals surface area contributed by atoms with Gasteiger partial charge in [0.15, 0.2) is 0 Å². The minimum absolute atomic E-state index is 0.739. The topological polar surface area (TPSA) is 38.7 Å². The zero-order chi connectivity index (χ0) is 11.4. The molecule has 0 unspecified atom stereocenters. The van der Waals surface area contributed by atoms with Crippen LogP contribution in [0, 0.1) is 6.92 Å². The summed E-state index contributed by atoms with van der Waals surface area (Å²) in [5.74, 6) is 0.739. The van der Waals surface area contributed by atoms with Crippen LogP contribution in [-0.4, -0.2) is 15.2 Å². The SMILES string of the molecule is CCc1nnc(C)nc1Cc1ccccc1. The summed E-state index contributed by atoms with van der Waals surface area (Å²) in [6.45, 7) is 3.95. The molecule has 2 rings (SSSR count). The van der Waals surface area contributed by atoms with Gasteiger partial charge in [0.25, 0.3) is 0 Å². The molecule has 0 amide bonds. The van der Waals surface area contributed by atoms with Gasteiger partial charge in [0.2, 0.25) is 0 Å². The second-order valence-electron chi connectivity index (χ2n) is 3.77. The van der Waals surface area contributed by atoms with Crippen LogP contribution in [0.3, 0.4) is 0 Å². The van der Waals surface area contributed by atoms with Crippen molar-refractivity contribution in [3.05, 3.63) is 53.1 Å². The van der Waals surface area contributed by atoms with E-state index < -0.39 is 0 Å². The summed E-state index contributed by atoms with van der Waals surface area (Å²) in [7, 11) is 0. The molecule has 82 valence electrons. The van der Waals surface area contributed by atoms with Gasteiger partial charge in [-0.1, -0.05) is 37.3 Å². The zero-order valence-electron chi connectivity index (χ0n) is 9.64. The van der Waals surface area contributed by atoms with Gasteiger partial charge in [-0.25, -0.2) is 4.98 Å². The van der Waals surface area contributed by atoms with E-state index in [9.17, 15) is 0 Å². The summed E-state index contributed by atoms with van der Waals surface area (Å²) in [6.07, 6.45) is 1.71. The van der Waals surface area contributed by atoms with E-state index in [4.69, 9.17) is 0 Å².